The zero-order valence-corrected chi connectivity index (χ0v) is 19.8. The molecule has 182 valence electrons. The largest absolute Gasteiger partial charge is 0.381 e. The molecular weight excluding hydrogens is 449 g/mol. The van der Waals surface area contributed by atoms with Crippen LogP contribution in [0, 0.1) is 18.7 Å². The van der Waals surface area contributed by atoms with Crippen molar-refractivity contribution in [3.05, 3.63) is 53.9 Å². The van der Waals surface area contributed by atoms with Crippen LogP contribution in [0.2, 0.25) is 0 Å². The number of ether oxygens (including phenoxy) is 1. The molecule has 0 radical (unpaired) electrons. The molecule has 2 saturated heterocycles. The molecule has 6 rings (SSSR count). The van der Waals surface area contributed by atoms with E-state index in [2.05, 4.69) is 25.6 Å². The average molecular weight is 478 g/mol. The Morgan fingerprint density at radius 3 is 2.91 bits per heavy atom. The highest BCUT2D eigenvalue weighted by atomic mass is 19.1. The molecule has 5 heterocycles. The molecule has 0 spiro atoms. The smallest absolute Gasteiger partial charge is 0.257 e. The Balaban J connectivity index is 1.24. The third kappa shape index (κ3) is 4.12. The third-order valence-corrected chi connectivity index (χ3v) is 6.83. The van der Waals surface area contributed by atoms with Crippen molar-refractivity contribution in [3.8, 4) is 0 Å². The molecule has 2 N–H and O–H groups in total. The molecule has 2 aliphatic rings. The van der Waals surface area contributed by atoms with Crippen LogP contribution in [0.15, 0.2) is 36.8 Å². The van der Waals surface area contributed by atoms with Gasteiger partial charge in [-0.2, -0.15) is 5.10 Å². The standard InChI is InChI=1S/C25H28FN7O2/c1-15-9-33-11-18(7-21(26)24(33)28-15)29-25(34)19-3-4-22(20-12-31(2)30-23(19)20)32-6-5-17(10-32)27-8-16-13-35-14-16/h3-4,7,9,11-12,16-17,27H,5-6,8,10,13-14H2,1-2H3,(H,29,34)/t17-/m0/s1. The summed E-state index contributed by atoms with van der Waals surface area (Å²) < 4.78 is 23.1. The van der Waals surface area contributed by atoms with Crippen molar-refractivity contribution in [1.29, 1.82) is 0 Å². The second kappa shape index (κ2) is 8.62. The zero-order chi connectivity index (χ0) is 24.1. The number of rotatable bonds is 6. The van der Waals surface area contributed by atoms with E-state index in [1.165, 1.54) is 6.07 Å². The molecule has 0 aliphatic carbocycles. The summed E-state index contributed by atoms with van der Waals surface area (Å²) in [5.74, 6) is -0.199. The fraction of sp³-hybridized carbons (Fsp3) is 0.400. The first kappa shape index (κ1) is 22.0. The second-order valence-corrected chi connectivity index (χ2v) is 9.58. The summed E-state index contributed by atoms with van der Waals surface area (Å²) in [6.45, 7) is 6.35. The first-order valence-electron chi connectivity index (χ1n) is 11.9. The lowest BCUT2D eigenvalue weighted by Gasteiger charge is -2.27. The summed E-state index contributed by atoms with van der Waals surface area (Å²) in [4.78, 5) is 19.7. The van der Waals surface area contributed by atoms with E-state index in [0.29, 0.717) is 34.4 Å². The molecule has 10 heteroatoms. The molecule has 1 atom stereocenters. The van der Waals surface area contributed by atoms with Crippen molar-refractivity contribution in [1.82, 2.24) is 24.5 Å². The van der Waals surface area contributed by atoms with Gasteiger partial charge < -0.3 is 24.7 Å². The number of benzene rings is 1. The zero-order valence-electron chi connectivity index (χ0n) is 19.8. The van der Waals surface area contributed by atoms with Crippen molar-refractivity contribution in [3.63, 3.8) is 0 Å². The first-order chi connectivity index (χ1) is 16.9. The van der Waals surface area contributed by atoms with E-state index >= 15 is 0 Å². The SMILES string of the molecule is Cc1cn2cc(NC(=O)c3ccc(N4CC[C@H](NCC5COC5)C4)c4cn(C)nc34)cc(F)c2n1. The molecular formula is C25H28FN7O2. The van der Waals surface area contributed by atoms with Crippen LogP contribution in [0.4, 0.5) is 15.8 Å². The Morgan fingerprint density at radius 2 is 2.11 bits per heavy atom. The van der Waals surface area contributed by atoms with Crippen molar-refractivity contribution in [2.45, 2.75) is 19.4 Å². The summed E-state index contributed by atoms with van der Waals surface area (Å²) in [5, 5.41) is 12.0. The van der Waals surface area contributed by atoms with E-state index in [1.54, 1.807) is 28.4 Å². The van der Waals surface area contributed by atoms with Crippen molar-refractivity contribution < 1.29 is 13.9 Å². The Bertz CT molecular complexity index is 1420. The van der Waals surface area contributed by atoms with Gasteiger partial charge in [-0.25, -0.2) is 9.37 Å². The van der Waals surface area contributed by atoms with Gasteiger partial charge >= 0.3 is 0 Å². The highest BCUT2D eigenvalue weighted by molar-refractivity contribution is 6.13. The van der Waals surface area contributed by atoms with E-state index in [4.69, 9.17) is 4.74 Å². The van der Waals surface area contributed by atoms with Crippen molar-refractivity contribution in [2.75, 3.05) is 43.1 Å². The van der Waals surface area contributed by atoms with Crippen LogP contribution in [0.3, 0.4) is 0 Å². The van der Waals surface area contributed by atoms with Gasteiger partial charge in [0, 0.05) is 74.4 Å². The highest BCUT2D eigenvalue weighted by Gasteiger charge is 2.27. The van der Waals surface area contributed by atoms with Crippen LogP contribution in [-0.2, 0) is 11.8 Å². The maximum atomic E-state index is 14.5. The van der Waals surface area contributed by atoms with Crippen LogP contribution < -0.4 is 15.5 Å². The Labute approximate surface area is 201 Å². The van der Waals surface area contributed by atoms with E-state index in [1.807, 2.05) is 25.4 Å². The Hall–Kier alpha value is -3.50. The van der Waals surface area contributed by atoms with Gasteiger partial charge in [0.15, 0.2) is 11.5 Å². The molecule has 4 aromatic rings. The predicted octanol–water partition coefficient (Wildman–Crippen LogP) is 2.74. The normalized spacial score (nSPS) is 18.5. The Morgan fingerprint density at radius 1 is 1.26 bits per heavy atom. The lowest BCUT2D eigenvalue weighted by atomic mass is 10.1. The van der Waals surface area contributed by atoms with Gasteiger partial charge in [0.2, 0.25) is 0 Å². The molecule has 2 fully saturated rings. The fourth-order valence-electron chi connectivity index (χ4n) is 4.99. The van der Waals surface area contributed by atoms with Gasteiger partial charge in [-0.15, -0.1) is 0 Å². The van der Waals surface area contributed by atoms with Gasteiger partial charge in [0.05, 0.1) is 30.2 Å². The van der Waals surface area contributed by atoms with E-state index in [9.17, 15) is 9.18 Å². The van der Waals surface area contributed by atoms with Crippen LogP contribution in [0.25, 0.3) is 16.6 Å². The third-order valence-electron chi connectivity index (χ3n) is 6.83. The number of amides is 1. The van der Waals surface area contributed by atoms with Crippen molar-refractivity contribution in [2.24, 2.45) is 13.0 Å². The number of carbonyl (C=O) groups is 1. The van der Waals surface area contributed by atoms with Gasteiger partial charge in [0.1, 0.15) is 5.52 Å². The molecule has 0 unspecified atom stereocenters. The van der Waals surface area contributed by atoms with E-state index in [0.717, 1.165) is 50.3 Å². The molecule has 2 aliphatic heterocycles. The van der Waals surface area contributed by atoms with E-state index in [-0.39, 0.29) is 11.6 Å². The summed E-state index contributed by atoms with van der Waals surface area (Å²) in [7, 11) is 1.85. The Kier molecular flexibility index (Phi) is 5.42. The number of imidazole rings is 1. The van der Waals surface area contributed by atoms with E-state index < -0.39 is 5.82 Å². The number of carbonyl (C=O) groups excluding carboxylic acids is 1. The summed E-state index contributed by atoms with van der Waals surface area (Å²) >= 11 is 0. The highest BCUT2D eigenvalue weighted by Crippen LogP contribution is 2.32. The van der Waals surface area contributed by atoms with Crippen LogP contribution in [0.1, 0.15) is 22.5 Å². The minimum atomic E-state index is -0.490. The van der Waals surface area contributed by atoms with Gasteiger partial charge in [-0.05, 0) is 25.5 Å². The van der Waals surface area contributed by atoms with Gasteiger partial charge in [-0.3, -0.25) is 9.48 Å². The van der Waals surface area contributed by atoms with Crippen LogP contribution in [0.5, 0.6) is 0 Å². The molecule has 0 saturated carbocycles. The number of nitrogens with zero attached hydrogens (tertiary/aromatic N) is 5. The summed E-state index contributed by atoms with van der Waals surface area (Å²) in [6.07, 6.45) is 6.40. The van der Waals surface area contributed by atoms with Crippen LogP contribution in [-0.4, -0.2) is 64.0 Å². The molecule has 1 amide bonds. The van der Waals surface area contributed by atoms with Gasteiger partial charge in [-0.1, -0.05) is 0 Å². The number of halogens is 1. The maximum Gasteiger partial charge on any atom is 0.257 e. The molecule has 35 heavy (non-hydrogen) atoms. The lowest BCUT2D eigenvalue weighted by Crippen LogP contribution is -2.42. The monoisotopic (exact) mass is 477 g/mol. The molecule has 1 aromatic carbocycles. The van der Waals surface area contributed by atoms with Crippen LogP contribution >= 0.6 is 0 Å². The topological polar surface area (TPSA) is 88.7 Å². The van der Waals surface area contributed by atoms with Crippen molar-refractivity contribution >= 4 is 33.8 Å². The number of anilines is 2. The number of pyridine rings is 1. The minimum absolute atomic E-state index is 0.233. The maximum absolute atomic E-state index is 14.5. The fourth-order valence-corrected chi connectivity index (χ4v) is 4.99. The second-order valence-electron chi connectivity index (χ2n) is 9.58. The number of hydrogen-bond acceptors (Lipinski definition) is 6. The number of aryl methyl sites for hydroxylation is 2. The lowest BCUT2D eigenvalue weighted by molar-refractivity contribution is -0.0314. The number of nitrogens with one attached hydrogen (secondary N) is 2. The molecule has 9 nitrogen and oxygen atoms in total. The number of fused-ring (bicyclic) bond motifs is 2. The molecule has 0 bridgehead atoms. The summed E-state index contributed by atoms with van der Waals surface area (Å²) in [5.41, 5.74) is 3.44. The van der Waals surface area contributed by atoms with Gasteiger partial charge in [0.25, 0.3) is 5.91 Å². The number of hydrogen-bond donors (Lipinski definition) is 2. The number of aromatic nitrogens is 4. The predicted molar refractivity (Wildman–Crippen MR) is 131 cm³/mol. The first-order valence-corrected chi connectivity index (χ1v) is 11.9. The average Bonchev–Trinajstić information content (AvgIpc) is 3.49. The minimum Gasteiger partial charge on any atom is -0.381 e. The molecule has 3 aromatic heterocycles. The summed E-state index contributed by atoms with van der Waals surface area (Å²) in [6, 6.07) is 5.52. The quantitative estimate of drug-likeness (QED) is 0.444.